The van der Waals surface area contributed by atoms with E-state index >= 15 is 0 Å². The second-order valence-corrected chi connectivity index (χ2v) is 3.59. The zero-order valence-electron chi connectivity index (χ0n) is 7.55. The first kappa shape index (κ1) is 9.25. The lowest BCUT2D eigenvalue weighted by molar-refractivity contribution is -0.121. The number of ketones is 1. The van der Waals surface area contributed by atoms with E-state index in [1.165, 1.54) is 12.8 Å². The zero-order valence-corrected chi connectivity index (χ0v) is 7.55. The van der Waals surface area contributed by atoms with Gasteiger partial charge in [-0.1, -0.05) is 13.3 Å². The second kappa shape index (κ2) is 4.25. The van der Waals surface area contributed by atoms with E-state index in [0.29, 0.717) is 0 Å². The SMILES string of the molecule is CC[C@@H]1CC[C@@H](C(=O)CC#N)C1. The van der Waals surface area contributed by atoms with Gasteiger partial charge in [0.1, 0.15) is 5.78 Å². The Morgan fingerprint density at radius 3 is 2.83 bits per heavy atom. The standard InChI is InChI=1S/C10H15NO/c1-2-8-3-4-9(7-8)10(12)5-6-11/h8-9H,2-5,7H2,1H3/t8-,9-/m1/s1. The molecule has 2 nitrogen and oxygen atoms in total. The molecule has 66 valence electrons. The summed E-state index contributed by atoms with van der Waals surface area (Å²) in [7, 11) is 0. The van der Waals surface area contributed by atoms with Crippen LogP contribution in [0.4, 0.5) is 0 Å². The molecule has 0 saturated heterocycles. The lowest BCUT2D eigenvalue weighted by Crippen LogP contribution is -2.10. The predicted octanol–water partition coefficient (Wildman–Crippen LogP) is 2.30. The summed E-state index contributed by atoms with van der Waals surface area (Å²) < 4.78 is 0. The Bertz CT molecular complexity index is 204. The minimum atomic E-state index is 0.112. The third-order valence-electron chi connectivity index (χ3n) is 2.83. The second-order valence-electron chi connectivity index (χ2n) is 3.59. The molecule has 12 heavy (non-hydrogen) atoms. The van der Waals surface area contributed by atoms with Crippen LogP contribution in [-0.2, 0) is 4.79 Å². The number of nitrogens with zero attached hydrogens (tertiary/aromatic N) is 1. The van der Waals surface area contributed by atoms with Gasteiger partial charge in [0.25, 0.3) is 0 Å². The molecule has 1 aliphatic carbocycles. The highest BCUT2D eigenvalue weighted by atomic mass is 16.1. The summed E-state index contributed by atoms with van der Waals surface area (Å²) in [6.45, 7) is 2.17. The lowest BCUT2D eigenvalue weighted by Gasteiger charge is -2.05. The summed E-state index contributed by atoms with van der Waals surface area (Å²) in [6.07, 6.45) is 4.51. The van der Waals surface area contributed by atoms with Gasteiger partial charge in [0.15, 0.2) is 0 Å². The normalized spacial score (nSPS) is 28.3. The molecule has 0 bridgehead atoms. The van der Waals surface area contributed by atoms with Crippen molar-refractivity contribution in [2.24, 2.45) is 11.8 Å². The fraction of sp³-hybridized carbons (Fsp3) is 0.800. The topological polar surface area (TPSA) is 40.9 Å². The van der Waals surface area contributed by atoms with E-state index in [1.54, 1.807) is 0 Å². The van der Waals surface area contributed by atoms with Crippen LogP contribution >= 0.6 is 0 Å². The van der Waals surface area contributed by atoms with Crippen molar-refractivity contribution < 1.29 is 4.79 Å². The van der Waals surface area contributed by atoms with E-state index in [1.807, 2.05) is 6.07 Å². The quantitative estimate of drug-likeness (QED) is 0.643. The molecule has 0 heterocycles. The molecule has 0 spiro atoms. The number of rotatable bonds is 3. The smallest absolute Gasteiger partial charge is 0.149 e. The molecule has 1 saturated carbocycles. The van der Waals surface area contributed by atoms with Gasteiger partial charge in [0, 0.05) is 5.92 Å². The molecule has 1 aliphatic rings. The lowest BCUT2D eigenvalue weighted by atomic mass is 9.98. The first-order valence-corrected chi connectivity index (χ1v) is 4.67. The summed E-state index contributed by atoms with van der Waals surface area (Å²) in [4.78, 5) is 11.3. The Balaban J connectivity index is 2.37. The van der Waals surface area contributed by atoms with E-state index in [9.17, 15) is 4.79 Å². The number of nitriles is 1. The van der Waals surface area contributed by atoms with Crippen LogP contribution in [0.25, 0.3) is 0 Å². The molecule has 0 N–H and O–H groups in total. The number of Topliss-reactive ketones (excluding diaryl/α,β-unsaturated/α-hetero) is 1. The maximum absolute atomic E-state index is 11.3. The highest BCUT2D eigenvalue weighted by Gasteiger charge is 2.27. The van der Waals surface area contributed by atoms with Crippen molar-refractivity contribution in [3.05, 3.63) is 0 Å². The molecule has 2 atom stereocenters. The summed E-state index contributed by atoms with van der Waals surface area (Å²) in [5.41, 5.74) is 0. The molecule has 0 aromatic carbocycles. The van der Waals surface area contributed by atoms with Crippen LogP contribution in [0.2, 0.25) is 0 Å². The van der Waals surface area contributed by atoms with E-state index < -0.39 is 0 Å². The van der Waals surface area contributed by atoms with Gasteiger partial charge in [-0.25, -0.2) is 0 Å². The minimum absolute atomic E-state index is 0.112. The molecular weight excluding hydrogens is 150 g/mol. The van der Waals surface area contributed by atoms with Crippen LogP contribution in [0.1, 0.15) is 39.0 Å². The van der Waals surface area contributed by atoms with Gasteiger partial charge in [-0.05, 0) is 25.2 Å². The Labute approximate surface area is 73.6 Å². The van der Waals surface area contributed by atoms with Crippen molar-refractivity contribution in [2.45, 2.75) is 39.0 Å². The molecule has 0 aromatic rings. The Hall–Kier alpha value is -0.840. The highest BCUT2D eigenvalue weighted by molar-refractivity contribution is 5.83. The largest absolute Gasteiger partial charge is 0.298 e. The van der Waals surface area contributed by atoms with Crippen LogP contribution in [0.3, 0.4) is 0 Å². The van der Waals surface area contributed by atoms with Crippen molar-refractivity contribution in [2.75, 3.05) is 0 Å². The highest BCUT2D eigenvalue weighted by Crippen LogP contribution is 2.33. The Kier molecular flexibility index (Phi) is 3.28. The van der Waals surface area contributed by atoms with E-state index in [2.05, 4.69) is 6.92 Å². The maximum Gasteiger partial charge on any atom is 0.149 e. The summed E-state index contributed by atoms with van der Waals surface area (Å²) in [5, 5.41) is 8.35. The maximum atomic E-state index is 11.3. The third kappa shape index (κ3) is 2.07. The Morgan fingerprint density at radius 1 is 1.58 bits per heavy atom. The minimum Gasteiger partial charge on any atom is -0.298 e. The van der Waals surface area contributed by atoms with Crippen molar-refractivity contribution >= 4 is 5.78 Å². The van der Waals surface area contributed by atoms with Gasteiger partial charge in [-0.2, -0.15) is 5.26 Å². The number of carbonyl (C=O) groups excluding carboxylic acids is 1. The van der Waals surface area contributed by atoms with E-state index in [-0.39, 0.29) is 18.1 Å². The molecule has 1 fully saturated rings. The van der Waals surface area contributed by atoms with E-state index in [0.717, 1.165) is 18.8 Å². The summed E-state index contributed by atoms with van der Waals surface area (Å²) in [5.74, 6) is 1.10. The van der Waals surface area contributed by atoms with Crippen LogP contribution in [-0.4, -0.2) is 5.78 Å². The third-order valence-corrected chi connectivity index (χ3v) is 2.83. The van der Waals surface area contributed by atoms with Crippen molar-refractivity contribution in [1.29, 1.82) is 5.26 Å². The van der Waals surface area contributed by atoms with Gasteiger partial charge in [0.2, 0.25) is 0 Å². The van der Waals surface area contributed by atoms with E-state index in [4.69, 9.17) is 5.26 Å². The molecule has 0 aromatic heterocycles. The van der Waals surface area contributed by atoms with Crippen LogP contribution in [0, 0.1) is 23.2 Å². The average molecular weight is 165 g/mol. The van der Waals surface area contributed by atoms with Crippen molar-refractivity contribution in [3.8, 4) is 6.07 Å². The molecule has 0 unspecified atom stereocenters. The van der Waals surface area contributed by atoms with Gasteiger partial charge >= 0.3 is 0 Å². The van der Waals surface area contributed by atoms with Crippen molar-refractivity contribution in [3.63, 3.8) is 0 Å². The van der Waals surface area contributed by atoms with Gasteiger partial charge in [-0.3, -0.25) is 4.79 Å². The van der Waals surface area contributed by atoms with Gasteiger partial charge in [0.05, 0.1) is 12.5 Å². The van der Waals surface area contributed by atoms with Gasteiger partial charge < -0.3 is 0 Å². The fourth-order valence-corrected chi connectivity index (χ4v) is 1.96. The van der Waals surface area contributed by atoms with Crippen LogP contribution in [0.5, 0.6) is 0 Å². The molecule has 0 radical (unpaired) electrons. The first-order valence-electron chi connectivity index (χ1n) is 4.67. The molecule has 0 aliphatic heterocycles. The molecule has 0 amide bonds. The van der Waals surface area contributed by atoms with Crippen molar-refractivity contribution in [1.82, 2.24) is 0 Å². The zero-order chi connectivity index (χ0) is 8.97. The number of carbonyl (C=O) groups is 1. The molecular formula is C10H15NO. The summed E-state index contributed by atoms with van der Waals surface area (Å²) >= 11 is 0. The van der Waals surface area contributed by atoms with Gasteiger partial charge in [-0.15, -0.1) is 0 Å². The molecule has 2 heteroatoms. The monoisotopic (exact) mass is 165 g/mol. The fourth-order valence-electron chi connectivity index (χ4n) is 1.96. The average Bonchev–Trinajstić information content (AvgIpc) is 2.52. The summed E-state index contributed by atoms with van der Waals surface area (Å²) in [6, 6.07) is 1.93. The molecule has 1 rings (SSSR count). The van der Waals surface area contributed by atoms with Crippen LogP contribution < -0.4 is 0 Å². The first-order chi connectivity index (χ1) is 5.77. The number of hydrogen-bond donors (Lipinski definition) is 0. The number of hydrogen-bond acceptors (Lipinski definition) is 2. The van der Waals surface area contributed by atoms with Crippen LogP contribution in [0.15, 0.2) is 0 Å². The predicted molar refractivity (Wildman–Crippen MR) is 46.4 cm³/mol. The Morgan fingerprint density at radius 2 is 2.33 bits per heavy atom.